The van der Waals surface area contributed by atoms with Crippen LogP contribution in [0.1, 0.15) is 11.0 Å². The van der Waals surface area contributed by atoms with E-state index in [1.54, 1.807) is 12.1 Å². The van der Waals surface area contributed by atoms with Gasteiger partial charge in [-0.15, -0.1) is 0 Å². The first-order valence-corrected chi connectivity index (χ1v) is 4.30. The number of hydrogen-bond acceptors (Lipinski definition) is 2. The highest BCUT2D eigenvalue weighted by molar-refractivity contribution is 7.99. The maximum atomic E-state index is 11.7. The highest BCUT2D eigenvalue weighted by Gasteiger charge is 2.04. The summed E-state index contributed by atoms with van der Waals surface area (Å²) < 4.78 is 11.7. The SMILES string of the molecule is OC(SCF)c1ccccc1. The molecule has 0 fully saturated rings. The number of thioether (sulfide) groups is 1. The van der Waals surface area contributed by atoms with Crippen LogP contribution in [0.3, 0.4) is 0 Å². The normalized spacial score (nSPS) is 12.9. The second-order valence-electron chi connectivity index (χ2n) is 2.04. The highest BCUT2D eigenvalue weighted by Crippen LogP contribution is 2.24. The minimum Gasteiger partial charge on any atom is -0.378 e. The van der Waals surface area contributed by atoms with Gasteiger partial charge in [0.25, 0.3) is 0 Å². The van der Waals surface area contributed by atoms with Crippen molar-refractivity contribution in [1.29, 1.82) is 0 Å². The number of hydrogen-bond donors (Lipinski definition) is 1. The summed E-state index contributed by atoms with van der Waals surface area (Å²) in [7, 11) is 0. The number of benzene rings is 1. The van der Waals surface area contributed by atoms with Gasteiger partial charge >= 0.3 is 0 Å². The van der Waals surface area contributed by atoms with Crippen LogP contribution in [0.25, 0.3) is 0 Å². The van der Waals surface area contributed by atoms with E-state index in [4.69, 9.17) is 0 Å². The van der Waals surface area contributed by atoms with E-state index in [0.29, 0.717) is 0 Å². The van der Waals surface area contributed by atoms with Gasteiger partial charge in [0.15, 0.2) is 0 Å². The monoisotopic (exact) mass is 172 g/mol. The van der Waals surface area contributed by atoms with Crippen LogP contribution in [0.15, 0.2) is 30.3 Å². The van der Waals surface area contributed by atoms with Crippen LogP contribution < -0.4 is 0 Å². The fraction of sp³-hybridized carbons (Fsp3) is 0.250. The molecular formula is C8H9FOS. The minimum absolute atomic E-state index is 0.559. The van der Waals surface area contributed by atoms with Crippen LogP contribution >= 0.6 is 11.8 Å². The summed E-state index contributed by atoms with van der Waals surface area (Å²) in [4.78, 5) is 0. The molecule has 1 N–H and O–H groups in total. The third-order valence-electron chi connectivity index (χ3n) is 1.31. The lowest BCUT2D eigenvalue weighted by Crippen LogP contribution is -1.90. The van der Waals surface area contributed by atoms with Crippen LogP contribution in [-0.2, 0) is 0 Å². The Bertz CT molecular complexity index is 203. The molecule has 1 rings (SSSR count). The first kappa shape index (κ1) is 8.56. The van der Waals surface area contributed by atoms with Crippen LogP contribution in [0.2, 0.25) is 0 Å². The third-order valence-corrected chi connectivity index (χ3v) is 2.02. The molecule has 0 aliphatic rings. The number of halogens is 1. The summed E-state index contributed by atoms with van der Waals surface area (Å²) in [5.41, 5.74) is 0.0105. The molecule has 0 radical (unpaired) electrons. The lowest BCUT2D eigenvalue weighted by atomic mass is 10.2. The van der Waals surface area contributed by atoms with Crippen LogP contribution in [0.4, 0.5) is 4.39 Å². The number of rotatable bonds is 3. The summed E-state index contributed by atoms with van der Waals surface area (Å²) in [6, 6.07) is 8.47. The second kappa shape index (κ2) is 4.36. The number of alkyl halides is 1. The molecule has 11 heavy (non-hydrogen) atoms. The zero-order valence-electron chi connectivity index (χ0n) is 5.90. The van der Waals surface area contributed by atoms with E-state index < -0.39 is 11.4 Å². The van der Waals surface area contributed by atoms with Gasteiger partial charge in [0.1, 0.15) is 11.4 Å². The van der Waals surface area contributed by atoms with E-state index >= 15 is 0 Å². The Morgan fingerprint density at radius 2 is 2.00 bits per heavy atom. The van der Waals surface area contributed by atoms with Gasteiger partial charge in [-0.3, -0.25) is 0 Å². The zero-order valence-corrected chi connectivity index (χ0v) is 6.72. The maximum Gasteiger partial charge on any atom is 0.138 e. The van der Waals surface area contributed by atoms with E-state index in [2.05, 4.69) is 0 Å². The van der Waals surface area contributed by atoms with Crippen molar-refractivity contribution in [3.05, 3.63) is 35.9 Å². The molecule has 0 saturated carbocycles. The van der Waals surface area contributed by atoms with Gasteiger partial charge in [-0.25, -0.2) is 4.39 Å². The fourth-order valence-corrected chi connectivity index (χ4v) is 1.24. The molecule has 0 bridgehead atoms. The molecule has 60 valence electrons. The van der Waals surface area contributed by atoms with Crippen molar-refractivity contribution in [2.24, 2.45) is 0 Å². The molecule has 1 atom stereocenters. The minimum atomic E-state index is -0.735. The van der Waals surface area contributed by atoms with E-state index in [1.165, 1.54) is 0 Å². The molecule has 0 amide bonds. The quantitative estimate of drug-likeness (QED) is 0.706. The first-order valence-electron chi connectivity index (χ1n) is 3.25. The van der Waals surface area contributed by atoms with Crippen molar-refractivity contribution in [2.45, 2.75) is 5.44 Å². The smallest absolute Gasteiger partial charge is 0.138 e. The summed E-state index contributed by atoms with van der Waals surface area (Å²) in [6.45, 7) is 0. The Balaban J connectivity index is 2.61. The molecule has 0 heterocycles. The Labute approximate surface area is 69.2 Å². The third kappa shape index (κ3) is 2.52. The highest BCUT2D eigenvalue weighted by atomic mass is 32.2. The zero-order chi connectivity index (χ0) is 8.10. The van der Waals surface area contributed by atoms with Crippen molar-refractivity contribution in [3.8, 4) is 0 Å². The Morgan fingerprint density at radius 1 is 1.36 bits per heavy atom. The largest absolute Gasteiger partial charge is 0.378 e. The lowest BCUT2D eigenvalue weighted by Gasteiger charge is -2.06. The number of aliphatic hydroxyl groups excluding tert-OH is 1. The Kier molecular flexibility index (Phi) is 3.39. The summed E-state index contributed by atoms with van der Waals surface area (Å²) in [5, 5.41) is 9.24. The molecule has 0 aliphatic heterocycles. The summed E-state index contributed by atoms with van der Waals surface area (Å²) >= 11 is 0.873. The van der Waals surface area contributed by atoms with Crippen molar-refractivity contribution in [1.82, 2.24) is 0 Å². The van der Waals surface area contributed by atoms with Crippen LogP contribution in [-0.4, -0.2) is 11.1 Å². The van der Waals surface area contributed by atoms with E-state index in [0.717, 1.165) is 17.3 Å². The first-order chi connectivity index (χ1) is 5.34. The molecule has 1 nitrogen and oxygen atoms in total. The molecule has 0 saturated heterocycles. The summed E-state index contributed by atoms with van der Waals surface area (Å²) in [6.07, 6.45) is 0. The standard InChI is InChI=1S/C8H9FOS/c9-6-11-8(10)7-4-2-1-3-5-7/h1-5,8,10H,6H2. The maximum absolute atomic E-state index is 11.7. The molecule has 0 spiro atoms. The Hall–Kier alpha value is -0.540. The van der Waals surface area contributed by atoms with E-state index in [9.17, 15) is 9.50 Å². The topological polar surface area (TPSA) is 20.2 Å². The molecule has 3 heteroatoms. The Morgan fingerprint density at radius 3 is 2.55 bits per heavy atom. The van der Waals surface area contributed by atoms with Crippen LogP contribution in [0.5, 0.6) is 0 Å². The van der Waals surface area contributed by atoms with Crippen molar-refractivity contribution in [3.63, 3.8) is 0 Å². The van der Waals surface area contributed by atoms with Crippen molar-refractivity contribution < 1.29 is 9.50 Å². The average Bonchev–Trinajstić information content (AvgIpc) is 2.07. The van der Waals surface area contributed by atoms with Crippen LogP contribution in [0, 0.1) is 0 Å². The van der Waals surface area contributed by atoms with Crippen molar-refractivity contribution in [2.75, 3.05) is 6.01 Å². The fourth-order valence-electron chi connectivity index (χ4n) is 0.774. The van der Waals surface area contributed by atoms with Gasteiger partial charge in [0.05, 0.1) is 0 Å². The predicted molar refractivity (Wildman–Crippen MR) is 45.0 cm³/mol. The second-order valence-corrected chi connectivity index (χ2v) is 3.04. The van der Waals surface area contributed by atoms with Gasteiger partial charge < -0.3 is 5.11 Å². The van der Waals surface area contributed by atoms with E-state index in [-0.39, 0.29) is 0 Å². The van der Waals surface area contributed by atoms with Crippen molar-refractivity contribution >= 4 is 11.8 Å². The molecular weight excluding hydrogens is 163 g/mol. The molecule has 0 aliphatic carbocycles. The lowest BCUT2D eigenvalue weighted by molar-refractivity contribution is 0.269. The predicted octanol–water partition coefficient (Wildman–Crippen LogP) is 2.34. The molecule has 1 unspecified atom stereocenters. The van der Waals surface area contributed by atoms with Gasteiger partial charge in [0.2, 0.25) is 0 Å². The molecule has 1 aromatic rings. The van der Waals surface area contributed by atoms with Gasteiger partial charge in [-0.1, -0.05) is 42.1 Å². The molecule has 0 aromatic heterocycles. The number of aliphatic hydroxyl groups is 1. The average molecular weight is 172 g/mol. The van der Waals surface area contributed by atoms with Gasteiger partial charge in [-0.2, -0.15) is 0 Å². The van der Waals surface area contributed by atoms with Gasteiger partial charge in [0, 0.05) is 0 Å². The van der Waals surface area contributed by atoms with Gasteiger partial charge in [-0.05, 0) is 5.56 Å². The molecule has 1 aromatic carbocycles. The summed E-state index contributed by atoms with van der Waals surface area (Å²) in [5.74, 6) is 0. The van der Waals surface area contributed by atoms with E-state index in [1.807, 2.05) is 18.2 Å².